The zero-order chi connectivity index (χ0) is 20.3. The maximum atomic E-state index is 12.1. The Morgan fingerprint density at radius 2 is 1.85 bits per heavy atom. The molecule has 0 aliphatic rings. The number of aryl methyl sites for hydroxylation is 2. The highest BCUT2D eigenvalue weighted by Gasteiger charge is 2.20. The molecule has 10 heteroatoms. The van der Waals surface area contributed by atoms with E-state index in [9.17, 15) is 24.0 Å². The minimum absolute atomic E-state index is 0.0490. The number of hydrogen-bond acceptors (Lipinski definition) is 8. The van der Waals surface area contributed by atoms with Crippen molar-refractivity contribution >= 4 is 34.7 Å². The van der Waals surface area contributed by atoms with Gasteiger partial charge in [-0.25, -0.2) is 4.79 Å². The van der Waals surface area contributed by atoms with Crippen molar-refractivity contribution in [2.75, 3.05) is 12.3 Å². The van der Waals surface area contributed by atoms with Crippen LogP contribution >= 0.6 is 11.3 Å². The predicted molar refractivity (Wildman–Crippen MR) is 99.4 cm³/mol. The molecule has 2 heterocycles. The molecule has 0 fully saturated rings. The van der Waals surface area contributed by atoms with Gasteiger partial charge in [0, 0.05) is 28.8 Å². The number of carbonyl (C=O) groups is 3. The molecule has 27 heavy (non-hydrogen) atoms. The maximum Gasteiger partial charge on any atom is 0.329 e. The number of carbonyl (C=O) groups excluding carboxylic acids is 3. The van der Waals surface area contributed by atoms with Crippen LogP contribution in [0.25, 0.3) is 0 Å². The molecule has 0 spiro atoms. The minimum atomic E-state index is -0.949. The molecule has 3 N–H and O–H groups in total. The van der Waals surface area contributed by atoms with Gasteiger partial charge in [0.15, 0.2) is 12.4 Å². The van der Waals surface area contributed by atoms with Crippen LogP contribution in [0.5, 0.6) is 0 Å². The van der Waals surface area contributed by atoms with Gasteiger partial charge in [-0.2, -0.15) is 0 Å². The third-order valence-electron chi connectivity index (χ3n) is 3.91. The van der Waals surface area contributed by atoms with Gasteiger partial charge in [0.05, 0.1) is 6.42 Å². The summed E-state index contributed by atoms with van der Waals surface area (Å²) in [4.78, 5) is 63.0. The number of H-pyrrole nitrogens is 1. The highest BCUT2D eigenvalue weighted by atomic mass is 32.1. The van der Waals surface area contributed by atoms with Crippen LogP contribution in [0, 0.1) is 13.8 Å². The smallest absolute Gasteiger partial charge is 0.329 e. The van der Waals surface area contributed by atoms with Crippen LogP contribution in [0.2, 0.25) is 0 Å². The summed E-state index contributed by atoms with van der Waals surface area (Å²) in [6.07, 6.45) is -0.244. The first-order valence-corrected chi connectivity index (χ1v) is 8.81. The second-order valence-corrected chi connectivity index (χ2v) is 7.37. The maximum absolute atomic E-state index is 12.1. The van der Waals surface area contributed by atoms with E-state index in [4.69, 9.17) is 10.5 Å². The Balaban J connectivity index is 1.94. The zero-order valence-corrected chi connectivity index (χ0v) is 15.9. The van der Waals surface area contributed by atoms with E-state index in [0.717, 1.165) is 14.3 Å². The van der Waals surface area contributed by atoms with Crippen LogP contribution < -0.4 is 17.0 Å². The summed E-state index contributed by atoms with van der Waals surface area (Å²) in [5.41, 5.74) is 4.02. The molecule has 0 aromatic carbocycles. The molecule has 2 aromatic heterocycles. The molecule has 0 amide bonds. The number of hydrogen-bond donors (Lipinski definition) is 2. The van der Waals surface area contributed by atoms with Gasteiger partial charge in [-0.15, -0.1) is 11.3 Å². The van der Waals surface area contributed by atoms with Crippen molar-refractivity contribution in [2.45, 2.75) is 26.7 Å². The Morgan fingerprint density at radius 3 is 2.44 bits per heavy atom. The van der Waals surface area contributed by atoms with Gasteiger partial charge in [-0.3, -0.25) is 28.7 Å². The molecule has 0 saturated heterocycles. The van der Waals surface area contributed by atoms with Crippen molar-refractivity contribution in [2.24, 2.45) is 7.05 Å². The number of nitrogens with one attached hydrogen (secondary N) is 1. The van der Waals surface area contributed by atoms with Crippen molar-refractivity contribution < 1.29 is 19.1 Å². The highest BCUT2D eigenvalue weighted by Crippen LogP contribution is 2.22. The molecule has 0 atom stereocenters. The number of nitrogens with zero attached hydrogens (tertiary/aromatic N) is 1. The van der Waals surface area contributed by atoms with E-state index < -0.39 is 35.2 Å². The molecule has 0 unspecified atom stereocenters. The zero-order valence-electron chi connectivity index (χ0n) is 15.1. The topological polar surface area (TPSA) is 141 Å². The number of ketones is 2. The van der Waals surface area contributed by atoms with Crippen molar-refractivity contribution in [3.05, 3.63) is 47.8 Å². The van der Waals surface area contributed by atoms with Crippen LogP contribution in [0.15, 0.2) is 15.7 Å². The summed E-state index contributed by atoms with van der Waals surface area (Å²) in [5, 5.41) is 0. The van der Waals surface area contributed by atoms with E-state index >= 15 is 0 Å². The number of anilines is 1. The quantitative estimate of drug-likeness (QED) is 0.521. The number of thiophene rings is 1. The van der Waals surface area contributed by atoms with Crippen LogP contribution in [0.1, 0.15) is 43.3 Å². The summed E-state index contributed by atoms with van der Waals surface area (Å²) in [6.45, 7) is 3.01. The first kappa shape index (κ1) is 20.3. The van der Waals surface area contributed by atoms with Crippen LogP contribution in [-0.4, -0.2) is 33.7 Å². The number of nitrogens with two attached hydrogens (primary N) is 1. The molecule has 0 radical (unpaired) electrons. The normalized spacial score (nSPS) is 10.6. The Bertz CT molecular complexity index is 1030. The first-order valence-electron chi connectivity index (χ1n) is 7.99. The van der Waals surface area contributed by atoms with Gasteiger partial charge >= 0.3 is 11.7 Å². The van der Waals surface area contributed by atoms with Crippen LogP contribution in [-0.2, 0) is 16.6 Å². The Kier molecular flexibility index (Phi) is 6.11. The molecule has 0 aliphatic heterocycles. The van der Waals surface area contributed by atoms with Gasteiger partial charge in [0.1, 0.15) is 11.4 Å². The predicted octanol–water partition coefficient (Wildman–Crippen LogP) is 0.723. The second-order valence-electron chi connectivity index (χ2n) is 5.91. The van der Waals surface area contributed by atoms with Crippen molar-refractivity contribution in [1.29, 1.82) is 0 Å². The number of aromatic amines is 1. The summed E-state index contributed by atoms with van der Waals surface area (Å²) >= 11 is 1.50. The molecule has 0 bridgehead atoms. The van der Waals surface area contributed by atoms with E-state index in [2.05, 4.69) is 0 Å². The van der Waals surface area contributed by atoms with Gasteiger partial charge in [-0.1, -0.05) is 0 Å². The van der Waals surface area contributed by atoms with E-state index in [0.29, 0.717) is 5.56 Å². The van der Waals surface area contributed by atoms with E-state index in [1.165, 1.54) is 18.4 Å². The Labute approximate surface area is 157 Å². The largest absolute Gasteiger partial charge is 0.457 e. The van der Waals surface area contributed by atoms with Gasteiger partial charge < -0.3 is 10.5 Å². The average molecular weight is 393 g/mol. The molecule has 0 saturated carbocycles. The van der Waals surface area contributed by atoms with E-state index in [1.54, 1.807) is 6.07 Å². The Hall–Kier alpha value is -3.01. The van der Waals surface area contributed by atoms with Crippen LogP contribution in [0.4, 0.5) is 5.82 Å². The SMILES string of the molecule is Cc1cc(C(=O)CCC(=O)OCC(=O)c2c(N)n(C)c(=O)[nH]c2=O)c(C)s1. The lowest BCUT2D eigenvalue weighted by Gasteiger charge is -2.08. The summed E-state index contributed by atoms with van der Waals surface area (Å²) in [7, 11) is 1.29. The van der Waals surface area contributed by atoms with Crippen molar-refractivity contribution in [1.82, 2.24) is 9.55 Å². The average Bonchev–Trinajstić information content (AvgIpc) is 2.94. The summed E-state index contributed by atoms with van der Waals surface area (Å²) in [6, 6.07) is 1.77. The Morgan fingerprint density at radius 1 is 1.19 bits per heavy atom. The van der Waals surface area contributed by atoms with Gasteiger partial charge in [0.2, 0.25) is 5.78 Å². The molecule has 0 aliphatic carbocycles. The standard InChI is InChI=1S/C17H19N3O6S/c1-8-6-10(9(2)27-8)11(21)4-5-13(23)26-7-12(22)14-15(18)20(3)17(25)19-16(14)24/h6H,4-5,7,18H2,1-3H3,(H,19,24,25). The lowest BCUT2D eigenvalue weighted by Crippen LogP contribution is -2.35. The number of ether oxygens (including phenoxy) is 1. The van der Waals surface area contributed by atoms with Crippen molar-refractivity contribution in [3.63, 3.8) is 0 Å². The molecule has 144 valence electrons. The fraction of sp³-hybridized carbons (Fsp3) is 0.353. The third kappa shape index (κ3) is 4.59. The lowest BCUT2D eigenvalue weighted by molar-refractivity contribution is -0.142. The summed E-state index contributed by atoms with van der Waals surface area (Å²) < 4.78 is 5.73. The fourth-order valence-electron chi connectivity index (χ4n) is 2.45. The number of Topliss-reactive ketones (excluding diaryl/α,β-unsaturated/α-hetero) is 2. The molecular formula is C17H19N3O6S. The molecular weight excluding hydrogens is 374 g/mol. The van der Waals surface area contributed by atoms with E-state index in [-0.39, 0.29) is 24.4 Å². The van der Waals surface area contributed by atoms with Crippen molar-refractivity contribution in [3.8, 4) is 0 Å². The number of aromatic nitrogens is 2. The molecule has 2 aromatic rings. The third-order valence-corrected chi connectivity index (χ3v) is 4.88. The first-order chi connectivity index (χ1) is 12.6. The van der Waals surface area contributed by atoms with E-state index in [1.807, 2.05) is 18.8 Å². The fourth-order valence-corrected chi connectivity index (χ4v) is 3.40. The monoisotopic (exact) mass is 393 g/mol. The summed E-state index contributed by atoms with van der Waals surface area (Å²) in [5.74, 6) is -2.09. The number of rotatable bonds is 7. The number of esters is 1. The molecule has 2 rings (SSSR count). The van der Waals surface area contributed by atoms with Gasteiger partial charge in [-0.05, 0) is 19.9 Å². The minimum Gasteiger partial charge on any atom is -0.457 e. The lowest BCUT2D eigenvalue weighted by atomic mass is 10.1. The second kappa shape index (κ2) is 8.12. The van der Waals surface area contributed by atoms with Gasteiger partial charge in [0.25, 0.3) is 5.56 Å². The molecule has 9 nitrogen and oxygen atoms in total. The van der Waals surface area contributed by atoms with Crippen LogP contribution in [0.3, 0.4) is 0 Å². The number of nitrogen functional groups attached to an aromatic ring is 1. The highest BCUT2D eigenvalue weighted by molar-refractivity contribution is 7.12.